The summed E-state index contributed by atoms with van der Waals surface area (Å²) >= 11 is 0. The lowest BCUT2D eigenvalue weighted by atomic mass is 9.83. The average molecular weight is 384 g/mol. The highest BCUT2D eigenvalue weighted by molar-refractivity contribution is 5.86. The largest absolute Gasteiger partial charge is 0.495 e. The van der Waals surface area contributed by atoms with Crippen LogP contribution in [0, 0.1) is 5.92 Å². The number of rotatable bonds is 6. The van der Waals surface area contributed by atoms with E-state index in [1.54, 1.807) is 7.11 Å². The molecule has 0 aliphatic carbocycles. The van der Waals surface area contributed by atoms with E-state index in [2.05, 4.69) is 27.8 Å². The summed E-state index contributed by atoms with van der Waals surface area (Å²) in [5.74, 6) is 1.74. The van der Waals surface area contributed by atoms with E-state index in [0.717, 1.165) is 23.2 Å². The predicted molar refractivity (Wildman–Crippen MR) is 113 cm³/mol. The monoisotopic (exact) mass is 383 g/mol. The maximum atomic E-state index is 12.8. The second-order valence-corrected chi connectivity index (χ2v) is 8.43. The van der Waals surface area contributed by atoms with E-state index in [4.69, 9.17) is 4.74 Å². The molecule has 5 nitrogen and oxygen atoms in total. The van der Waals surface area contributed by atoms with Gasteiger partial charge in [-0.2, -0.15) is 0 Å². The normalized spacial score (nSPS) is 22.8. The molecular weight excluding hydrogens is 350 g/mol. The number of fused-ring (bicyclic) bond motifs is 2. The molecule has 1 aromatic heterocycles. The fourth-order valence-corrected chi connectivity index (χ4v) is 5.23. The first kappa shape index (κ1) is 19.3. The zero-order chi connectivity index (χ0) is 19.5. The van der Waals surface area contributed by atoms with E-state index in [9.17, 15) is 4.79 Å². The Labute approximate surface area is 168 Å². The Bertz CT molecular complexity index is 813. The Morgan fingerprint density at radius 3 is 2.89 bits per heavy atom. The predicted octanol–water partition coefficient (Wildman–Crippen LogP) is 3.76. The lowest BCUT2D eigenvalue weighted by Crippen LogP contribution is -2.51. The van der Waals surface area contributed by atoms with E-state index in [1.807, 2.05) is 24.1 Å². The summed E-state index contributed by atoms with van der Waals surface area (Å²) in [7, 11) is 3.68. The topological polar surface area (TPSA) is 37.7 Å². The lowest BCUT2D eigenvalue weighted by Gasteiger charge is -2.45. The van der Waals surface area contributed by atoms with Crippen LogP contribution in [0.2, 0.25) is 0 Å². The fraction of sp³-hybridized carbons (Fsp3) is 0.609. The molecule has 5 heteroatoms. The smallest absolute Gasteiger partial charge is 0.224 e. The summed E-state index contributed by atoms with van der Waals surface area (Å²) in [5, 5.41) is 1.15. The minimum absolute atomic E-state index is 0.240. The van der Waals surface area contributed by atoms with Crippen molar-refractivity contribution in [2.75, 3.05) is 33.8 Å². The molecule has 0 spiro atoms. The van der Waals surface area contributed by atoms with Gasteiger partial charge in [0, 0.05) is 44.2 Å². The number of ether oxygens (including phenoxy) is 1. The van der Waals surface area contributed by atoms with Gasteiger partial charge >= 0.3 is 0 Å². The van der Waals surface area contributed by atoms with Crippen molar-refractivity contribution in [3.63, 3.8) is 0 Å². The summed E-state index contributed by atoms with van der Waals surface area (Å²) < 4.78 is 7.65. The fourth-order valence-electron chi connectivity index (χ4n) is 5.23. The average Bonchev–Trinajstić information content (AvgIpc) is 3.15. The van der Waals surface area contributed by atoms with Gasteiger partial charge in [0.1, 0.15) is 5.75 Å². The zero-order valence-electron chi connectivity index (χ0n) is 17.3. The first-order chi connectivity index (χ1) is 13.7. The number of amides is 1. The number of carbonyl (C=O) groups excluding carboxylic acids is 1. The van der Waals surface area contributed by atoms with Crippen molar-refractivity contribution in [1.29, 1.82) is 0 Å². The van der Waals surface area contributed by atoms with E-state index < -0.39 is 0 Å². The molecule has 3 heterocycles. The van der Waals surface area contributed by atoms with Crippen LogP contribution in [0.4, 0.5) is 0 Å². The molecule has 2 atom stereocenters. The molecule has 28 heavy (non-hydrogen) atoms. The second-order valence-electron chi connectivity index (χ2n) is 8.43. The number of aryl methyl sites for hydroxylation is 1. The van der Waals surface area contributed by atoms with Crippen LogP contribution in [-0.2, 0) is 11.3 Å². The summed E-state index contributed by atoms with van der Waals surface area (Å²) in [6, 6.07) is 8.84. The second kappa shape index (κ2) is 8.56. The lowest BCUT2D eigenvalue weighted by molar-refractivity contribution is -0.131. The molecule has 0 N–H and O–H groups in total. The van der Waals surface area contributed by atoms with Crippen LogP contribution in [0.1, 0.15) is 38.5 Å². The number of benzene rings is 1. The number of aromatic nitrogens is 1. The van der Waals surface area contributed by atoms with Crippen LogP contribution >= 0.6 is 0 Å². The Morgan fingerprint density at radius 1 is 1.18 bits per heavy atom. The molecule has 0 radical (unpaired) electrons. The molecule has 2 saturated heterocycles. The van der Waals surface area contributed by atoms with Crippen molar-refractivity contribution in [2.24, 2.45) is 5.92 Å². The molecule has 152 valence electrons. The number of para-hydroxylation sites is 1. The molecule has 0 unspecified atom stereocenters. The highest BCUT2D eigenvalue weighted by Gasteiger charge is 2.33. The van der Waals surface area contributed by atoms with Crippen LogP contribution in [0.15, 0.2) is 30.5 Å². The minimum atomic E-state index is 0.240. The molecule has 1 aromatic carbocycles. The summed E-state index contributed by atoms with van der Waals surface area (Å²) in [5.41, 5.74) is 1.07. The van der Waals surface area contributed by atoms with Crippen LogP contribution in [0.5, 0.6) is 5.75 Å². The molecule has 2 fully saturated rings. The summed E-state index contributed by atoms with van der Waals surface area (Å²) in [6.45, 7) is 4.09. The number of methoxy groups -OCH3 is 1. The molecular formula is C23H33N3O2. The van der Waals surface area contributed by atoms with E-state index in [0.29, 0.717) is 24.9 Å². The van der Waals surface area contributed by atoms with Crippen molar-refractivity contribution in [3.8, 4) is 5.75 Å². The van der Waals surface area contributed by atoms with Crippen molar-refractivity contribution < 1.29 is 9.53 Å². The van der Waals surface area contributed by atoms with Gasteiger partial charge in [-0.3, -0.25) is 4.79 Å². The van der Waals surface area contributed by atoms with Gasteiger partial charge in [0.05, 0.1) is 12.6 Å². The summed E-state index contributed by atoms with van der Waals surface area (Å²) in [6.07, 6.45) is 9.11. The van der Waals surface area contributed by atoms with Crippen LogP contribution in [-0.4, -0.2) is 60.1 Å². The SMILES string of the molecule is COc1cccc2ccn(CCC(=O)N(C)C[C@@H]3CCCN4CCCC[C@H]34)c12. The molecule has 2 aliphatic heterocycles. The van der Waals surface area contributed by atoms with Crippen LogP contribution in [0.3, 0.4) is 0 Å². The van der Waals surface area contributed by atoms with E-state index in [1.165, 1.54) is 45.2 Å². The third-order valence-electron chi connectivity index (χ3n) is 6.70. The maximum Gasteiger partial charge on any atom is 0.224 e. The third kappa shape index (κ3) is 3.90. The Morgan fingerprint density at radius 2 is 2.04 bits per heavy atom. The quantitative estimate of drug-likeness (QED) is 0.762. The van der Waals surface area contributed by atoms with Gasteiger partial charge in [0.25, 0.3) is 0 Å². The third-order valence-corrected chi connectivity index (χ3v) is 6.70. The summed E-state index contributed by atoms with van der Waals surface area (Å²) in [4.78, 5) is 17.5. The van der Waals surface area contributed by atoms with Gasteiger partial charge in [-0.25, -0.2) is 0 Å². The maximum absolute atomic E-state index is 12.8. The van der Waals surface area contributed by atoms with Gasteiger partial charge in [-0.05, 0) is 56.8 Å². The number of hydrogen-bond donors (Lipinski definition) is 0. The number of nitrogens with zero attached hydrogens (tertiary/aromatic N) is 3. The van der Waals surface area contributed by atoms with Gasteiger partial charge in [0.2, 0.25) is 5.91 Å². The minimum Gasteiger partial charge on any atom is -0.495 e. The van der Waals surface area contributed by atoms with Gasteiger partial charge in [-0.15, -0.1) is 0 Å². The van der Waals surface area contributed by atoms with Crippen molar-refractivity contribution in [2.45, 2.75) is 51.1 Å². The standard InChI is InChI=1S/C23H33N3O2/c1-24(17-19-8-6-14-25-13-4-3-9-20(19)25)22(27)12-16-26-15-11-18-7-5-10-21(28-2)23(18)26/h5,7,10-11,15,19-20H,3-4,6,8-9,12-14,16-17H2,1-2H3/t19-,20+/m0/s1. The molecule has 2 aromatic rings. The highest BCUT2D eigenvalue weighted by atomic mass is 16.5. The number of hydrogen-bond acceptors (Lipinski definition) is 3. The molecule has 2 aliphatic rings. The van der Waals surface area contributed by atoms with Crippen LogP contribution < -0.4 is 4.74 Å². The molecule has 1 amide bonds. The zero-order valence-corrected chi connectivity index (χ0v) is 17.3. The van der Waals surface area contributed by atoms with Crippen molar-refractivity contribution in [1.82, 2.24) is 14.4 Å². The van der Waals surface area contributed by atoms with Crippen molar-refractivity contribution >= 4 is 16.8 Å². The van der Waals surface area contributed by atoms with E-state index in [-0.39, 0.29) is 5.91 Å². The number of piperidine rings is 2. The Kier molecular flexibility index (Phi) is 5.90. The van der Waals surface area contributed by atoms with Crippen molar-refractivity contribution in [3.05, 3.63) is 30.5 Å². The molecule has 0 bridgehead atoms. The van der Waals surface area contributed by atoms with Crippen LogP contribution in [0.25, 0.3) is 10.9 Å². The first-order valence-corrected chi connectivity index (χ1v) is 10.8. The molecule has 4 rings (SSSR count). The van der Waals surface area contributed by atoms with E-state index >= 15 is 0 Å². The Balaban J connectivity index is 1.36. The first-order valence-electron chi connectivity index (χ1n) is 10.8. The van der Waals surface area contributed by atoms with Gasteiger partial charge in [-0.1, -0.05) is 18.6 Å². The highest BCUT2D eigenvalue weighted by Crippen LogP contribution is 2.31. The number of carbonyl (C=O) groups is 1. The molecule has 0 saturated carbocycles. The van der Waals surface area contributed by atoms with Gasteiger partial charge in [0.15, 0.2) is 0 Å². The Hall–Kier alpha value is -2.01. The van der Waals surface area contributed by atoms with Gasteiger partial charge < -0.3 is 19.1 Å².